The molecule has 3 aromatic carbocycles. The molecule has 0 aliphatic rings. The van der Waals surface area contributed by atoms with E-state index >= 15 is 0 Å². The van der Waals surface area contributed by atoms with E-state index in [-0.39, 0.29) is 27.9 Å². The van der Waals surface area contributed by atoms with E-state index in [0.717, 1.165) is 19.3 Å². The lowest BCUT2D eigenvalue weighted by atomic mass is 9.62. The molecule has 0 amide bonds. The fraction of sp³-hybridized carbons (Fsp3) is 0.578. The van der Waals surface area contributed by atoms with E-state index in [1.165, 1.54) is 34.9 Å². The Morgan fingerprint density at radius 2 is 1.16 bits per heavy atom. The Morgan fingerprint density at radius 1 is 0.686 bits per heavy atom. The molecule has 3 atom stereocenters. The summed E-state index contributed by atoms with van der Waals surface area (Å²) in [5, 5.41) is 0.242. The highest BCUT2D eigenvalue weighted by atomic mass is 28.4. The lowest BCUT2D eigenvalue weighted by Crippen LogP contribution is -2.40. The lowest BCUT2D eigenvalue weighted by Gasteiger charge is -2.41. The van der Waals surface area contributed by atoms with Gasteiger partial charge in [-0.05, 0) is 95.2 Å². The molecule has 0 heterocycles. The zero-order valence-corrected chi connectivity index (χ0v) is 36.6. The Bertz CT molecular complexity index is 1460. The summed E-state index contributed by atoms with van der Waals surface area (Å²) < 4.78 is 18.9. The van der Waals surface area contributed by atoms with Gasteiger partial charge in [-0.3, -0.25) is 4.79 Å². The van der Waals surface area contributed by atoms with E-state index in [0.29, 0.717) is 25.6 Å². The molecule has 3 unspecified atom stereocenters. The van der Waals surface area contributed by atoms with Crippen molar-refractivity contribution in [2.24, 2.45) is 11.8 Å². The Balaban J connectivity index is 2.30. The van der Waals surface area contributed by atoms with Crippen molar-refractivity contribution in [2.75, 3.05) is 7.11 Å². The molecule has 0 aromatic heterocycles. The van der Waals surface area contributed by atoms with E-state index in [2.05, 4.69) is 160 Å². The summed E-state index contributed by atoms with van der Waals surface area (Å²) in [5.41, 5.74) is 5.65. The minimum Gasteiger partial charge on any atom is -0.469 e. The minimum absolute atomic E-state index is 0.121. The second kappa shape index (κ2) is 17.5. The van der Waals surface area contributed by atoms with Gasteiger partial charge < -0.3 is 13.6 Å². The van der Waals surface area contributed by atoms with Gasteiger partial charge in [0.25, 0.3) is 0 Å². The number of methoxy groups -OCH3 is 1. The van der Waals surface area contributed by atoms with Crippen LogP contribution in [0.2, 0.25) is 36.3 Å². The van der Waals surface area contributed by atoms with E-state index in [1.807, 2.05) is 6.92 Å². The van der Waals surface area contributed by atoms with Crippen LogP contribution in [0.1, 0.15) is 122 Å². The normalized spacial score (nSPS) is 14.9. The van der Waals surface area contributed by atoms with Crippen LogP contribution < -0.4 is 0 Å². The molecular formula is C45H70O4Si2. The molecule has 0 saturated heterocycles. The van der Waals surface area contributed by atoms with Crippen molar-refractivity contribution in [3.63, 3.8) is 0 Å². The van der Waals surface area contributed by atoms with Crippen LogP contribution in [0.3, 0.4) is 0 Å². The average molecular weight is 731 g/mol. The monoisotopic (exact) mass is 730 g/mol. The molecule has 0 spiro atoms. The minimum atomic E-state index is -1.97. The summed E-state index contributed by atoms with van der Waals surface area (Å²) in [5.74, 6) is 0.353. The van der Waals surface area contributed by atoms with Crippen LogP contribution in [0.5, 0.6) is 0 Å². The second-order valence-corrected chi connectivity index (χ2v) is 27.9. The third kappa shape index (κ3) is 11.2. The summed E-state index contributed by atoms with van der Waals surface area (Å²) in [7, 11) is -2.44. The maximum Gasteiger partial charge on any atom is 0.308 e. The molecule has 0 bridgehead atoms. The maximum absolute atomic E-state index is 13.3. The van der Waals surface area contributed by atoms with E-state index in [4.69, 9.17) is 13.6 Å². The van der Waals surface area contributed by atoms with Crippen LogP contribution in [0.4, 0.5) is 0 Å². The van der Waals surface area contributed by atoms with Crippen LogP contribution in [0.15, 0.2) is 78.9 Å². The third-order valence-corrected chi connectivity index (χ3v) is 21.2. The van der Waals surface area contributed by atoms with Crippen molar-refractivity contribution >= 4 is 22.6 Å². The number of rotatable bonds is 17. The van der Waals surface area contributed by atoms with Crippen LogP contribution in [0, 0.1) is 11.8 Å². The topological polar surface area (TPSA) is 44.8 Å². The molecule has 0 aliphatic heterocycles. The average Bonchev–Trinajstić information content (AvgIpc) is 3.08. The van der Waals surface area contributed by atoms with Gasteiger partial charge in [0.2, 0.25) is 0 Å². The molecule has 0 radical (unpaired) electrons. The number of ether oxygens (including phenoxy) is 1. The van der Waals surface area contributed by atoms with Gasteiger partial charge in [-0.2, -0.15) is 0 Å². The van der Waals surface area contributed by atoms with Gasteiger partial charge in [0, 0.05) is 5.41 Å². The molecular weight excluding hydrogens is 661 g/mol. The van der Waals surface area contributed by atoms with E-state index in [1.54, 1.807) is 0 Å². The molecule has 282 valence electrons. The number of hydrogen-bond donors (Lipinski definition) is 0. The van der Waals surface area contributed by atoms with Crippen LogP contribution in [0.25, 0.3) is 0 Å². The van der Waals surface area contributed by atoms with Gasteiger partial charge in [-0.1, -0.05) is 148 Å². The summed E-state index contributed by atoms with van der Waals surface area (Å²) in [6.07, 6.45) is 3.68. The number of carbonyl (C=O) groups is 1. The fourth-order valence-corrected chi connectivity index (χ4v) is 8.46. The molecule has 0 fully saturated rings. The molecule has 0 aliphatic carbocycles. The van der Waals surface area contributed by atoms with Crippen molar-refractivity contribution in [1.29, 1.82) is 0 Å². The van der Waals surface area contributed by atoms with Gasteiger partial charge in [0.1, 0.15) is 0 Å². The van der Waals surface area contributed by atoms with E-state index in [9.17, 15) is 4.79 Å². The first-order chi connectivity index (χ1) is 23.7. The fourth-order valence-electron chi connectivity index (χ4n) is 6.54. The predicted octanol–water partition coefficient (Wildman–Crippen LogP) is 12.8. The van der Waals surface area contributed by atoms with Crippen LogP contribution in [-0.4, -0.2) is 29.7 Å². The maximum atomic E-state index is 13.3. The quantitative estimate of drug-likeness (QED) is 0.102. The summed E-state index contributed by atoms with van der Waals surface area (Å²) in [4.78, 5) is 13.3. The number of carbonyl (C=O) groups excluding carboxylic acids is 1. The largest absolute Gasteiger partial charge is 0.469 e. The summed E-state index contributed by atoms with van der Waals surface area (Å²) in [6, 6.07) is 29.1. The van der Waals surface area contributed by atoms with Crippen LogP contribution >= 0.6 is 0 Å². The molecule has 0 N–H and O–H groups in total. The summed E-state index contributed by atoms with van der Waals surface area (Å²) >= 11 is 0. The first kappa shape index (κ1) is 42.9. The Hall–Kier alpha value is -2.52. The van der Waals surface area contributed by atoms with Gasteiger partial charge in [-0.15, -0.1) is 0 Å². The number of hydrogen-bond acceptors (Lipinski definition) is 4. The number of esters is 1. The van der Waals surface area contributed by atoms with Crippen molar-refractivity contribution in [3.05, 3.63) is 107 Å². The Labute approximate surface area is 314 Å². The molecule has 51 heavy (non-hydrogen) atoms. The molecule has 0 saturated carbocycles. The van der Waals surface area contributed by atoms with E-state index < -0.39 is 22.0 Å². The molecule has 6 heteroatoms. The van der Waals surface area contributed by atoms with Crippen molar-refractivity contribution in [2.45, 2.75) is 149 Å². The second-order valence-electron chi connectivity index (χ2n) is 18.3. The summed E-state index contributed by atoms with van der Waals surface area (Å²) in [6.45, 7) is 30.8. The molecule has 4 nitrogen and oxygen atoms in total. The first-order valence-corrected chi connectivity index (χ1v) is 25.1. The van der Waals surface area contributed by atoms with Crippen molar-refractivity contribution in [1.82, 2.24) is 0 Å². The number of benzene rings is 3. The lowest BCUT2D eigenvalue weighted by molar-refractivity contribution is -0.145. The predicted molar refractivity (Wildman–Crippen MR) is 221 cm³/mol. The zero-order valence-electron chi connectivity index (χ0n) is 34.6. The molecule has 3 rings (SSSR count). The first-order valence-electron chi connectivity index (χ1n) is 19.3. The van der Waals surface area contributed by atoms with Gasteiger partial charge in [0.15, 0.2) is 16.6 Å². The Morgan fingerprint density at radius 3 is 1.57 bits per heavy atom. The third-order valence-electron chi connectivity index (χ3n) is 12.3. The highest BCUT2D eigenvalue weighted by Gasteiger charge is 2.42. The smallest absolute Gasteiger partial charge is 0.308 e. The highest BCUT2D eigenvalue weighted by Crippen LogP contribution is 2.48. The Kier molecular flexibility index (Phi) is 14.8. The van der Waals surface area contributed by atoms with Gasteiger partial charge in [0.05, 0.1) is 26.2 Å². The van der Waals surface area contributed by atoms with Crippen LogP contribution in [-0.2, 0) is 37.0 Å². The highest BCUT2D eigenvalue weighted by molar-refractivity contribution is 6.74. The van der Waals surface area contributed by atoms with Gasteiger partial charge in [-0.25, -0.2) is 0 Å². The van der Waals surface area contributed by atoms with Crippen molar-refractivity contribution in [3.8, 4) is 0 Å². The SMILES string of the molecule is CCC(C)CC(CC(CC(C)C(=O)OC)(c1cccc(CO[Si](C)(C)C(C)(C)C)c1)c1cccc(CO[Si](C)(C)C(C)(C)C)c1)c1ccccc1. The van der Waals surface area contributed by atoms with Crippen molar-refractivity contribution < 1.29 is 18.4 Å². The zero-order chi connectivity index (χ0) is 38.3. The standard InChI is InChI=1S/C45H70O4Si2/c1-15-34(2)27-39(38-23-17-16-18-24-38)31-45(30-35(3)42(46)47-10,40-25-19-21-36(28-40)32-48-50(11,12)43(4,5)6)41-26-20-22-37(29-41)33-49-51(13,14)44(7,8)9/h16-26,28-29,34-35,39H,15,27,30-33H2,1-14H3. The van der Waals surface area contributed by atoms with Gasteiger partial charge >= 0.3 is 5.97 Å². The molecule has 3 aromatic rings.